The first-order valence-electron chi connectivity index (χ1n) is 7.83. The number of rotatable bonds is 8. The Labute approximate surface area is 129 Å². The monoisotopic (exact) mass is 308 g/mol. The zero-order valence-electron chi connectivity index (χ0n) is 13.9. The third kappa shape index (κ3) is 4.88. The molecule has 0 amide bonds. The predicted octanol–water partition coefficient (Wildman–Crippen LogP) is 3.73. The van der Waals surface area contributed by atoms with Gasteiger partial charge in [-0.1, -0.05) is 50.7 Å². The van der Waals surface area contributed by atoms with Gasteiger partial charge < -0.3 is 9.47 Å². The Kier molecular flexibility index (Phi) is 6.95. The molecule has 21 heavy (non-hydrogen) atoms. The fourth-order valence-electron chi connectivity index (χ4n) is 2.13. The van der Waals surface area contributed by atoms with E-state index in [4.69, 9.17) is 9.47 Å². The van der Waals surface area contributed by atoms with Crippen molar-refractivity contribution in [2.24, 2.45) is 0 Å². The van der Waals surface area contributed by atoms with Crippen LogP contribution < -0.4 is 9.92 Å². The first-order valence-corrected chi connectivity index (χ1v) is 10.9. The van der Waals surface area contributed by atoms with Gasteiger partial charge in [0.1, 0.15) is 5.75 Å². The van der Waals surface area contributed by atoms with Gasteiger partial charge >= 0.3 is 5.97 Å². The van der Waals surface area contributed by atoms with Crippen LogP contribution in [-0.2, 0) is 9.53 Å². The van der Waals surface area contributed by atoms with Gasteiger partial charge in [-0.3, -0.25) is 4.79 Å². The molecule has 4 heteroatoms. The summed E-state index contributed by atoms with van der Waals surface area (Å²) in [6, 6.07) is 8.22. The topological polar surface area (TPSA) is 35.5 Å². The Bertz CT molecular complexity index is 440. The van der Waals surface area contributed by atoms with Crippen molar-refractivity contribution >= 4 is 19.2 Å². The Morgan fingerprint density at radius 1 is 1.19 bits per heavy atom. The second-order valence-corrected chi connectivity index (χ2v) is 10.8. The van der Waals surface area contributed by atoms with E-state index in [9.17, 15) is 4.79 Å². The quantitative estimate of drug-likeness (QED) is 0.417. The molecule has 0 saturated heterocycles. The lowest BCUT2D eigenvalue weighted by Gasteiger charge is -2.28. The van der Waals surface area contributed by atoms with Gasteiger partial charge in [0.15, 0.2) is 0 Å². The molecule has 0 aliphatic heterocycles. The van der Waals surface area contributed by atoms with E-state index in [0.717, 1.165) is 25.2 Å². The summed E-state index contributed by atoms with van der Waals surface area (Å²) < 4.78 is 10.9. The maximum absolute atomic E-state index is 12.0. The van der Waals surface area contributed by atoms with Crippen LogP contribution >= 0.6 is 0 Å². The average molecular weight is 308 g/mol. The molecule has 0 aliphatic carbocycles. The van der Waals surface area contributed by atoms with Crippen LogP contribution in [0.25, 0.3) is 0 Å². The molecule has 0 heterocycles. The summed E-state index contributed by atoms with van der Waals surface area (Å²) in [6.45, 7) is 11.6. The van der Waals surface area contributed by atoms with Crippen LogP contribution in [-0.4, -0.2) is 27.3 Å². The van der Waals surface area contributed by atoms with Crippen LogP contribution in [0.4, 0.5) is 0 Å². The molecule has 1 unspecified atom stereocenters. The van der Waals surface area contributed by atoms with Crippen LogP contribution in [0.2, 0.25) is 18.6 Å². The highest BCUT2D eigenvalue weighted by atomic mass is 28.3. The van der Waals surface area contributed by atoms with Gasteiger partial charge in [0.2, 0.25) is 0 Å². The molecule has 0 saturated carbocycles. The summed E-state index contributed by atoms with van der Waals surface area (Å²) in [5, 5.41) is 1.26. The number of esters is 1. The molecule has 0 aliphatic rings. The van der Waals surface area contributed by atoms with Crippen molar-refractivity contribution in [3.05, 3.63) is 24.3 Å². The van der Waals surface area contributed by atoms with Crippen LogP contribution in [0.15, 0.2) is 24.3 Å². The second-order valence-electron chi connectivity index (χ2n) is 5.92. The van der Waals surface area contributed by atoms with Crippen LogP contribution in [0.1, 0.15) is 33.6 Å². The van der Waals surface area contributed by atoms with E-state index in [2.05, 4.69) is 32.2 Å². The fraction of sp³-hybridized carbons (Fsp3) is 0.588. The molecular weight excluding hydrogens is 280 g/mol. The van der Waals surface area contributed by atoms with E-state index in [1.165, 1.54) is 5.19 Å². The molecule has 0 radical (unpaired) electrons. The van der Waals surface area contributed by atoms with Crippen molar-refractivity contribution in [2.75, 3.05) is 13.2 Å². The van der Waals surface area contributed by atoms with Crippen molar-refractivity contribution in [3.8, 4) is 5.75 Å². The molecule has 0 bridgehead atoms. The molecular formula is C17H28O3Si. The minimum atomic E-state index is -1.87. The molecule has 0 fully saturated rings. The summed E-state index contributed by atoms with van der Waals surface area (Å²) in [7, 11) is -1.87. The third-order valence-corrected chi connectivity index (χ3v) is 8.31. The molecule has 0 N–H and O–H groups in total. The van der Waals surface area contributed by atoms with Gasteiger partial charge in [-0.25, -0.2) is 0 Å². The lowest BCUT2D eigenvalue weighted by atomic mass is 10.3. The highest BCUT2D eigenvalue weighted by Gasteiger charge is 2.36. The third-order valence-electron chi connectivity index (χ3n) is 4.09. The first-order chi connectivity index (χ1) is 9.93. The van der Waals surface area contributed by atoms with E-state index < -0.39 is 8.07 Å². The van der Waals surface area contributed by atoms with Crippen LogP contribution in [0.5, 0.6) is 5.75 Å². The zero-order chi connectivity index (χ0) is 15.9. The smallest absolute Gasteiger partial charge is 0.306 e. The maximum Gasteiger partial charge on any atom is 0.306 e. The van der Waals surface area contributed by atoms with E-state index in [1.54, 1.807) is 0 Å². The summed E-state index contributed by atoms with van der Waals surface area (Å²) in [6.07, 6.45) is 2.21. The summed E-state index contributed by atoms with van der Waals surface area (Å²) in [5.41, 5.74) is -0.0516. The van der Waals surface area contributed by atoms with Crippen molar-refractivity contribution in [2.45, 2.75) is 52.2 Å². The van der Waals surface area contributed by atoms with Crippen molar-refractivity contribution in [1.29, 1.82) is 0 Å². The molecule has 1 aromatic rings. The van der Waals surface area contributed by atoms with Crippen molar-refractivity contribution in [3.63, 3.8) is 0 Å². The number of benzene rings is 1. The van der Waals surface area contributed by atoms with E-state index in [1.807, 2.05) is 26.0 Å². The van der Waals surface area contributed by atoms with Gasteiger partial charge in [-0.05, 0) is 25.5 Å². The van der Waals surface area contributed by atoms with Gasteiger partial charge in [-0.15, -0.1) is 0 Å². The molecule has 0 spiro atoms. The summed E-state index contributed by atoms with van der Waals surface area (Å²) in [4.78, 5) is 12.0. The maximum atomic E-state index is 12.0. The highest BCUT2D eigenvalue weighted by molar-refractivity contribution is 6.93. The Morgan fingerprint density at radius 2 is 1.81 bits per heavy atom. The van der Waals surface area contributed by atoms with E-state index >= 15 is 0 Å². The normalized spacial score (nSPS) is 12.8. The molecule has 1 rings (SSSR count). The number of ether oxygens (including phenoxy) is 2. The Morgan fingerprint density at radius 3 is 2.33 bits per heavy atom. The zero-order valence-corrected chi connectivity index (χ0v) is 14.9. The Hall–Kier alpha value is -1.29. The summed E-state index contributed by atoms with van der Waals surface area (Å²) in [5.74, 6) is 0.818. The molecule has 0 aromatic heterocycles. The highest BCUT2D eigenvalue weighted by Crippen LogP contribution is 2.23. The summed E-state index contributed by atoms with van der Waals surface area (Å²) >= 11 is 0. The van der Waals surface area contributed by atoms with E-state index in [-0.39, 0.29) is 11.5 Å². The average Bonchev–Trinajstić information content (AvgIpc) is 2.47. The van der Waals surface area contributed by atoms with Gasteiger partial charge in [0, 0.05) is 0 Å². The van der Waals surface area contributed by atoms with Crippen LogP contribution in [0, 0.1) is 0 Å². The lowest BCUT2D eigenvalue weighted by molar-refractivity contribution is -0.142. The van der Waals surface area contributed by atoms with Crippen molar-refractivity contribution in [1.82, 2.24) is 0 Å². The molecule has 118 valence electrons. The number of carbonyl (C=O) groups excluding carboxylic acids is 1. The number of hydrogen-bond acceptors (Lipinski definition) is 3. The van der Waals surface area contributed by atoms with Gasteiger partial charge in [0.25, 0.3) is 0 Å². The van der Waals surface area contributed by atoms with E-state index in [0.29, 0.717) is 6.61 Å². The minimum absolute atomic E-state index is 0.0516. The van der Waals surface area contributed by atoms with Gasteiger partial charge in [-0.2, -0.15) is 0 Å². The number of carbonyl (C=O) groups is 1. The second kappa shape index (κ2) is 8.22. The predicted molar refractivity (Wildman–Crippen MR) is 90.0 cm³/mol. The number of hydrogen-bond donors (Lipinski definition) is 0. The van der Waals surface area contributed by atoms with Crippen LogP contribution in [0.3, 0.4) is 0 Å². The van der Waals surface area contributed by atoms with Gasteiger partial charge in [0.05, 0.1) is 26.8 Å². The van der Waals surface area contributed by atoms with Crippen molar-refractivity contribution < 1.29 is 14.3 Å². The molecule has 1 atom stereocenters. The lowest BCUT2D eigenvalue weighted by Crippen LogP contribution is -2.48. The fourth-order valence-corrected chi connectivity index (χ4v) is 4.33. The standard InChI is InChI=1S/C17H28O3Si/c1-6-8-13-20-15-9-11-16(12-10-15)21(4,5)14(3)17(18)19-7-2/h9-12,14H,6-8,13H2,1-5H3. The molecule has 3 nitrogen and oxygen atoms in total. The first kappa shape index (κ1) is 17.8. The minimum Gasteiger partial charge on any atom is -0.494 e. The largest absolute Gasteiger partial charge is 0.494 e. The SMILES string of the molecule is CCCCOc1ccc([Si](C)(C)C(C)C(=O)OCC)cc1. The molecule has 1 aromatic carbocycles. The number of unbranched alkanes of at least 4 members (excludes halogenated alkanes) is 1. The Balaban J connectivity index is 2.76.